The molecule has 0 aromatic rings. The van der Waals surface area contributed by atoms with Crippen molar-refractivity contribution in [2.24, 2.45) is 0 Å². The monoisotopic (exact) mass is 241 g/mol. The summed E-state index contributed by atoms with van der Waals surface area (Å²) in [5.41, 5.74) is -3.87. The fourth-order valence-electron chi connectivity index (χ4n) is 0.683. The Morgan fingerprint density at radius 2 is 1.62 bits per heavy atom. The van der Waals surface area contributed by atoms with Crippen LogP contribution in [-0.4, -0.2) is 29.7 Å². The van der Waals surface area contributed by atoms with Crippen molar-refractivity contribution in [3.63, 3.8) is 0 Å². The molecular weight excluding hydrogens is 227 g/mol. The summed E-state index contributed by atoms with van der Waals surface area (Å²) in [5.74, 6) is 0. The van der Waals surface area contributed by atoms with Crippen molar-refractivity contribution in [3.8, 4) is 0 Å². The second-order valence-electron chi connectivity index (χ2n) is 4.44. The molecule has 0 saturated carbocycles. The van der Waals surface area contributed by atoms with Crippen LogP contribution < -0.4 is 5.32 Å². The quantitative estimate of drug-likeness (QED) is 0.752. The van der Waals surface area contributed by atoms with Crippen molar-refractivity contribution in [1.29, 1.82) is 0 Å². The average Bonchev–Trinajstić information content (AvgIpc) is 1.97. The topological polar surface area (TPSA) is 55.4 Å². The van der Waals surface area contributed by atoms with Gasteiger partial charge in [-0.3, -0.25) is 0 Å². The Labute approximate surface area is 91.1 Å². The van der Waals surface area contributed by atoms with Crippen LogP contribution in [0, 0.1) is 0 Å². The van der Waals surface area contributed by atoms with Crippen LogP contribution in [0.5, 0.6) is 0 Å². The summed E-state index contributed by atoms with van der Waals surface area (Å²) in [6, 6.07) is 0. The van der Waals surface area contributed by atoms with Gasteiger partial charge in [-0.25, -0.2) is 4.79 Å². The summed E-state index contributed by atoms with van der Waals surface area (Å²) in [6.07, 6.45) is -6.54. The van der Waals surface area contributed by atoms with Gasteiger partial charge in [0.1, 0.15) is 5.60 Å². The third-order valence-electron chi connectivity index (χ3n) is 1.59. The first kappa shape index (κ1) is 14.7. The van der Waals surface area contributed by atoms with Gasteiger partial charge in [0.15, 0.2) is 11.8 Å². The number of aldehydes is 1. The maximum absolute atomic E-state index is 12.4. The standard InChI is InChI=1S/C9H14F3NO3/c1-7(2,3)16-6(15)13-8(4,5-14)9(10,11)12/h5H,1-4H3,(H,13,15). The predicted octanol–water partition coefficient (Wildman–Crippen LogP) is 2.03. The molecule has 0 spiro atoms. The van der Waals surface area contributed by atoms with Crippen molar-refractivity contribution in [3.05, 3.63) is 0 Å². The van der Waals surface area contributed by atoms with Crippen molar-refractivity contribution in [1.82, 2.24) is 5.32 Å². The summed E-state index contributed by atoms with van der Waals surface area (Å²) in [7, 11) is 0. The Morgan fingerprint density at radius 1 is 1.19 bits per heavy atom. The highest BCUT2D eigenvalue weighted by atomic mass is 19.4. The van der Waals surface area contributed by atoms with Crippen LogP contribution in [0.1, 0.15) is 27.7 Å². The van der Waals surface area contributed by atoms with Crippen LogP contribution in [0.3, 0.4) is 0 Å². The van der Waals surface area contributed by atoms with Gasteiger partial charge in [0, 0.05) is 0 Å². The number of nitrogens with one attached hydrogen (secondary N) is 1. The first-order valence-electron chi connectivity index (χ1n) is 4.45. The van der Waals surface area contributed by atoms with Crippen LogP contribution in [0.25, 0.3) is 0 Å². The molecule has 0 aliphatic heterocycles. The number of carbonyl (C=O) groups is 2. The van der Waals surface area contributed by atoms with E-state index in [0.717, 1.165) is 0 Å². The molecule has 0 aromatic heterocycles. The first-order chi connectivity index (χ1) is 6.91. The Balaban J connectivity index is 4.70. The Hall–Kier alpha value is -1.27. The van der Waals surface area contributed by atoms with Crippen LogP contribution in [-0.2, 0) is 9.53 Å². The zero-order valence-corrected chi connectivity index (χ0v) is 9.44. The minimum Gasteiger partial charge on any atom is -0.444 e. The number of alkyl carbamates (subject to hydrolysis) is 1. The molecule has 0 aliphatic carbocycles. The van der Waals surface area contributed by atoms with Crippen LogP contribution >= 0.6 is 0 Å². The smallest absolute Gasteiger partial charge is 0.418 e. The largest absolute Gasteiger partial charge is 0.444 e. The maximum Gasteiger partial charge on any atom is 0.418 e. The molecule has 1 unspecified atom stereocenters. The molecule has 0 bridgehead atoms. The summed E-state index contributed by atoms with van der Waals surface area (Å²) >= 11 is 0. The highest BCUT2D eigenvalue weighted by Gasteiger charge is 2.53. The summed E-state index contributed by atoms with van der Waals surface area (Å²) in [4.78, 5) is 21.5. The number of carbonyl (C=O) groups excluding carboxylic acids is 2. The number of hydrogen-bond donors (Lipinski definition) is 1. The summed E-state index contributed by atoms with van der Waals surface area (Å²) < 4.78 is 41.8. The Morgan fingerprint density at radius 3 is 1.88 bits per heavy atom. The van der Waals surface area contributed by atoms with E-state index in [1.165, 1.54) is 26.1 Å². The highest BCUT2D eigenvalue weighted by Crippen LogP contribution is 2.28. The minimum atomic E-state index is -4.87. The molecule has 16 heavy (non-hydrogen) atoms. The zero-order chi connectivity index (χ0) is 13.2. The molecule has 0 heterocycles. The third-order valence-corrected chi connectivity index (χ3v) is 1.59. The molecule has 4 nitrogen and oxygen atoms in total. The number of ether oxygens (including phenoxy) is 1. The molecule has 0 fully saturated rings. The van der Waals surface area contributed by atoms with E-state index < -0.39 is 23.4 Å². The molecule has 1 atom stereocenters. The van der Waals surface area contributed by atoms with Gasteiger partial charge in [-0.15, -0.1) is 0 Å². The molecule has 0 saturated heterocycles. The van der Waals surface area contributed by atoms with Gasteiger partial charge in [-0.2, -0.15) is 13.2 Å². The molecule has 0 rings (SSSR count). The molecule has 0 aliphatic rings. The van der Waals surface area contributed by atoms with E-state index in [1.54, 1.807) is 0 Å². The van der Waals surface area contributed by atoms with Crippen molar-refractivity contribution in [2.75, 3.05) is 0 Å². The zero-order valence-electron chi connectivity index (χ0n) is 9.44. The number of rotatable bonds is 2. The SMILES string of the molecule is CC(C)(C)OC(=O)NC(C)(C=O)C(F)(F)F. The van der Waals surface area contributed by atoms with E-state index in [-0.39, 0.29) is 6.29 Å². The van der Waals surface area contributed by atoms with Crippen molar-refractivity contribution in [2.45, 2.75) is 45.0 Å². The lowest BCUT2D eigenvalue weighted by Gasteiger charge is -2.29. The number of halogens is 3. The second-order valence-corrected chi connectivity index (χ2v) is 4.44. The van der Waals surface area contributed by atoms with E-state index in [2.05, 4.69) is 4.74 Å². The lowest BCUT2D eigenvalue weighted by atomic mass is 10.1. The predicted molar refractivity (Wildman–Crippen MR) is 49.9 cm³/mol. The molecule has 0 radical (unpaired) electrons. The van der Waals surface area contributed by atoms with Gasteiger partial charge in [-0.1, -0.05) is 0 Å². The molecule has 1 amide bonds. The van der Waals surface area contributed by atoms with Gasteiger partial charge < -0.3 is 14.8 Å². The van der Waals surface area contributed by atoms with E-state index in [4.69, 9.17) is 0 Å². The van der Waals surface area contributed by atoms with Crippen LogP contribution in [0.15, 0.2) is 0 Å². The molecular formula is C9H14F3NO3. The van der Waals surface area contributed by atoms with Gasteiger partial charge in [0.2, 0.25) is 0 Å². The Bertz CT molecular complexity index is 283. The van der Waals surface area contributed by atoms with Gasteiger partial charge in [0.25, 0.3) is 0 Å². The number of hydrogen-bond acceptors (Lipinski definition) is 3. The fraction of sp³-hybridized carbons (Fsp3) is 0.778. The van der Waals surface area contributed by atoms with E-state index in [1.807, 2.05) is 0 Å². The van der Waals surface area contributed by atoms with E-state index in [9.17, 15) is 22.8 Å². The fourth-order valence-corrected chi connectivity index (χ4v) is 0.683. The lowest BCUT2D eigenvalue weighted by Crippen LogP contribution is -2.58. The third kappa shape index (κ3) is 4.08. The molecule has 0 aromatic carbocycles. The van der Waals surface area contributed by atoms with Crippen LogP contribution in [0.2, 0.25) is 0 Å². The number of alkyl halides is 3. The van der Waals surface area contributed by atoms with Gasteiger partial charge in [0.05, 0.1) is 0 Å². The number of amides is 1. The first-order valence-corrected chi connectivity index (χ1v) is 4.45. The summed E-state index contributed by atoms with van der Waals surface area (Å²) in [5, 5.41) is 1.49. The summed E-state index contributed by atoms with van der Waals surface area (Å²) in [6.45, 7) is 5.05. The lowest BCUT2D eigenvalue weighted by molar-refractivity contribution is -0.186. The van der Waals surface area contributed by atoms with Gasteiger partial charge >= 0.3 is 12.3 Å². The Kier molecular flexibility index (Phi) is 3.96. The minimum absolute atomic E-state index is 0.378. The average molecular weight is 241 g/mol. The van der Waals surface area contributed by atoms with E-state index >= 15 is 0 Å². The normalized spacial score (nSPS) is 16.2. The highest BCUT2D eigenvalue weighted by molar-refractivity contribution is 5.77. The molecule has 1 N–H and O–H groups in total. The molecule has 7 heteroatoms. The van der Waals surface area contributed by atoms with Gasteiger partial charge in [-0.05, 0) is 27.7 Å². The molecule has 94 valence electrons. The van der Waals surface area contributed by atoms with E-state index in [0.29, 0.717) is 6.92 Å². The van der Waals surface area contributed by atoms with Crippen molar-refractivity contribution >= 4 is 12.4 Å². The second kappa shape index (κ2) is 4.31. The van der Waals surface area contributed by atoms with Crippen molar-refractivity contribution < 1.29 is 27.5 Å². The maximum atomic E-state index is 12.4. The van der Waals surface area contributed by atoms with Crippen LogP contribution in [0.4, 0.5) is 18.0 Å².